The van der Waals surface area contributed by atoms with Crippen molar-refractivity contribution in [3.8, 4) is 0 Å². The Morgan fingerprint density at radius 3 is 2.20 bits per heavy atom. The Balaban J connectivity index is 1.95. The maximum absolute atomic E-state index is 13.2. The first kappa shape index (κ1) is 21.9. The van der Waals surface area contributed by atoms with Crippen LogP contribution in [0.15, 0.2) is 47.4 Å². The standard InChI is InChI=1S/C20H22F3N3O3S/c1-14(27)24-16-6-8-17(9-7-16)30(28,29)25-18-13-15(20(21,22)23)5-10-19(18)26-11-3-2-4-12-26/h5-10,13,25H,2-4,11-12H2,1H3,(H,24,27). The maximum atomic E-state index is 13.2. The molecule has 1 aliphatic heterocycles. The van der Waals surface area contributed by atoms with E-state index in [0.29, 0.717) is 24.5 Å². The topological polar surface area (TPSA) is 78.5 Å². The minimum absolute atomic E-state index is 0.113. The van der Waals surface area contributed by atoms with Gasteiger partial charge in [-0.2, -0.15) is 13.2 Å². The van der Waals surface area contributed by atoms with E-state index in [4.69, 9.17) is 0 Å². The number of halogens is 3. The quantitative estimate of drug-likeness (QED) is 0.718. The van der Waals surface area contributed by atoms with Gasteiger partial charge in [0.25, 0.3) is 10.0 Å². The van der Waals surface area contributed by atoms with Crippen molar-refractivity contribution in [1.29, 1.82) is 0 Å². The Labute approximate surface area is 173 Å². The zero-order chi connectivity index (χ0) is 21.9. The van der Waals surface area contributed by atoms with Crippen molar-refractivity contribution in [3.05, 3.63) is 48.0 Å². The number of alkyl halides is 3. The van der Waals surface area contributed by atoms with Gasteiger partial charge in [-0.3, -0.25) is 9.52 Å². The van der Waals surface area contributed by atoms with Crippen molar-refractivity contribution in [2.24, 2.45) is 0 Å². The molecule has 162 valence electrons. The highest BCUT2D eigenvalue weighted by Gasteiger charge is 2.32. The van der Waals surface area contributed by atoms with Gasteiger partial charge < -0.3 is 10.2 Å². The van der Waals surface area contributed by atoms with Crippen LogP contribution in [-0.2, 0) is 21.0 Å². The molecule has 0 unspecified atom stereocenters. The van der Waals surface area contributed by atoms with Crippen LogP contribution >= 0.6 is 0 Å². The van der Waals surface area contributed by atoms with Crippen molar-refractivity contribution in [2.75, 3.05) is 28.0 Å². The molecule has 1 amide bonds. The van der Waals surface area contributed by atoms with Crippen LogP contribution in [0.25, 0.3) is 0 Å². The third kappa shape index (κ3) is 5.24. The van der Waals surface area contributed by atoms with Crippen molar-refractivity contribution in [2.45, 2.75) is 37.3 Å². The van der Waals surface area contributed by atoms with E-state index in [1.807, 2.05) is 4.90 Å². The first-order valence-electron chi connectivity index (χ1n) is 9.43. The lowest BCUT2D eigenvalue weighted by atomic mass is 10.1. The van der Waals surface area contributed by atoms with Crippen LogP contribution in [0.1, 0.15) is 31.7 Å². The van der Waals surface area contributed by atoms with E-state index >= 15 is 0 Å². The molecule has 0 bridgehead atoms. The van der Waals surface area contributed by atoms with E-state index in [2.05, 4.69) is 10.0 Å². The third-order valence-corrected chi connectivity index (χ3v) is 6.13. The fourth-order valence-electron chi connectivity index (χ4n) is 3.33. The predicted octanol–water partition coefficient (Wildman–Crippen LogP) is 4.45. The molecule has 1 heterocycles. The number of piperidine rings is 1. The summed E-state index contributed by atoms with van der Waals surface area (Å²) in [7, 11) is -4.14. The van der Waals surface area contributed by atoms with Gasteiger partial charge in [-0.05, 0) is 61.7 Å². The molecule has 1 fully saturated rings. The second-order valence-electron chi connectivity index (χ2n) is 7.09. The van der Waals surface area contributed by atoms with Gasteiger partial charge in [-0.25, -0.2) is 8.42 Å². The van der Waals surface area contributed by atoms with Gasteiger partial charge in [0.15, 0.2) is 0 Å². The van der Waals surface area contributed by atoms with Crippen LogP contribution < -0.4 is 14.9 Å². The van der Waals surface area contributed by atoms with Gasteiger partial charge in [0, 0.05) is 25.7 Å². The first-order chi connectivity index (χ1) is 14.1. The summed E-state index contributed by atoms with van der Waals surface area (Å²) in [6.45, 7) is 2.61. The van der Waals surface area contributed by atoms with E-state index in [1.165, 1.54) is 37.3 Å². The third-order valence-electron chi connectivity index (χ3n) is 4.75. The van der Waals surface area contributed by atoms with E-state index in [0.717, 1.165) is 31.4 Å². The van der Waals surface area contributed by atoms with Gasteiger partial charge in [0.2, 0.25) is 5.91 Å². The second kappa shape index (κ2) is 8.55. The number of benzene rings is 2. The number of nitrogens with one attached hydrogen (secondary N) is 2. The van der Waals surface area contributed by atoms with Crippen LogP contribution in [0.4, 0.5) is 30.2 Å². The molecule has 0 radical (unpaired) electrons. The summed E-state index contributed by atoms with van der Waals surface area (Å²) in [6.07, 6.45) is -1.80. The molecule has 6 nitrogen and oxygen atoms in total. The van der Waals surface area contributed by atoms with E-state index in [1.54, 1.807) is 0 Å². The largest absolute Gasteiger partial charge is 0.416 e. The smallest absolute Gasteiger partial charge is 0.370 e. The molecular weight excluding hydrogens is 419 g/mol. The van der Waals surface area contributed by atoms with Gasteiger partial charge in [-0.1, -0.05) is 0 Å². The summed E-state index contributed by atoms with van der Waals surface area (Å²) in [6, 6.07) is 8.48. The van der Waals surface area contributed by atoms with Crippen molar-refractivity contribution < 1.29 is 26.4 Å². The van der Waals surface area contributed by atoms with Crippen LogP contribution in [0, 0.1) is 0 Å². The minimum Gasteiger partial charge on any atom is -0.370 e. The highest BCUT2D eigenvalue weighted by molar-refractivity contribution is 7.92. The van der Waals surface area contributed by atoms with E-state index in [-0.39, 0.29) is 16.5 Å². The van der Waals surface area contributed by atoms with Gasteiger partial charge >= 0.3 is 6.18 Å². The average Bonchev–Trinajstić information content (AvgIpc) is 2.67. The summed E-state index contributed by atoms with van der Waals surface area (Å²) in [5, 5.41) is 2.52. The lowest BCUT2D eigenvalue weighted by Gasteiger charge is -2.31. The summed E-state index contributed by atoms with van der Waals surface area (Å²) >= 11 is 0. The molecule has 2 aromatic carbocycles. The lowest BCUT2D eigenvalue weighted by molar-refractivity contribution is -0.137. The molecule has 3 rings (SSSR count). The Kier molecular flexibility index (Phi) is 6.25. The number of carbonyl (C=O) groups excluding carboxylic acids is 1. The van der Waals surface area contributed by atoms with Crippen molar-refractivity contribution in [1.82, 2.24) is 0 Å². The highest BCUT2D eigenvalue weighted by atomic mass is 32.2. The molecule has 2 aromatic rings. The number of rotatable bonds is 5. The predicted molar refractivity (Wildman–Crippen MR) is 109 cm³/mol. The summed E-state index contributed by atoms with van der Waals surface area (Å²) < 4.78 is 67.6. The number of sulfonamides is 1. The van der Waals surface area contributed by atoms with Crippen LogP contribution in [0.3, 0.4) is 0 Å². The zero-order valence-corrected chi connectivity index (χ0v) is 17.1. The SMILES string of the molecule is CC(=O)Nc1ccc(S(=O)(=O)Nc2cc(C(F)(F)F)ccc2N2CCCCC2)cc1. The van der Waals surface area contributed by atoms with E-state index < -0.39 is 21.8 Å². The normalized spacial score (nSPS) is 15.0. The second-order valence-corrected chi connectivity index (χ2v) is 8.77. The number of amides is 1. The number of hydrogen-bond donors (Lipinski definition) is 2. The van der Waals surface area contributed by atoms with Crippen LogP contribution in [-0.4, -0.2) is 27.4 Å². The van der Waals surface area contributed by atoms with E-state index in [9.17, 15) is 26.4 Å². The number of carbonyl (C=O) groups is 1. The Morgan fingerprint density at radius 2 is 1.63 bits per heavy atom. The summed E-state index contributed by atoms with van der Waals surface area (Å²) in [5.74, 6) is -0.307. The lowest BCUT2D eigenvalue weighted by Crippen LogP contribution is -2.30. The highest BCUT2D eigenvalue weighted by Crippen LogP contribution is 2.37. The Morgan fingerprint density at radius 1 is 1.00 bits per heavy atom. The fourth-order valence-corrected chi connectivity index (χ4v) is 4.39. The molecule has 30 heavy (non-hydrogen) atoms. The molecule has 0 spiro atoms. The van der Waals surface area contributed by atoms with Crippen LogP contribution in [0.2, 0.25) is 0 Å². The van der Waals surface area contributed by atoms with Crippen LogP contribution in [0.5, 0.6) is 0 Å². The van der Waals surface area contributed by atoms with Crippen molar-refractivity contribution >= 4 is 33.0 Å². The molecule has 0 atom stereocenters. The van der Waals surface area contributed by atoms with Gasteiger partial charge in [-0.15, -0.1) is 0 Å². The monoisotopic (exact) mass is 441 g/mol. The summed E-state index contributed by atoms with van der Waals surface area (Å²) in [5.41, 5.74) is -0.213. The molecule has 1 aliphatic rings. The molecule has 0 aliphatic carbocycles. The first-order valence-corrected chi connectivity index (χ1v) is 10.9. The zero-order valence-electron chi connectivity index (χ0n) is 16.3. The van der Waals surface area contributed by atoms with Gasteiger partial charge in [0.1, 0.15) is 0 Å². The summed E-state index contributed by atoms with van der Waals surface area (Å²) in [4.78, 5) is 12.9. The molecule has 10 heteroatoms. The molecular formula is C20H22F3N3O3S. The number of anilines is 3. The molecule has 0 aromatic heterocycles. The molecule has 2 N–H and O–H groups in total. The minimum atomic E-state index is -4.60. The molecule has 1 saturated heterocycles. The number of nitrogens with zero attached hydrogens (tertiary/aromatic N) is 1. The van der Waals surface area contributed by atoms with Crippen molar-refractivity contribution in [3.63, 3.8) is 0 Å². The molecule has 0 saturated carbocycles. The fraction of sp³-hybridized carbons (Fsp3) is 0.350. The maximum Gasteiger partial charge on any atom is 0.416 e. The Hall–Kier alpha value is -2.75. The Bertz CT molecular complexity index is 1020. The number of hydrogen-bond acceptors (Lipinski definition) is 4. The van der Waals surface area contributed by atoms with Gasteiger partial charge in [0.05, 0.1) is 21.8 Å². The average molecular weight is 441 g/mol.